The van der Waals surface area contributed by atoms with Crippen molar-refractivity contribution in [1.29, 1.82) is 0 Å². The van der Waals surface area contributed by atoms with Gasteiger partial charge in [0.1, 0.15) is 5.60 Å². The van der Waals surface area contributed by atoms with Crippen molar-refractivity contribution in [3.63, 3.8) is 0 Å². The minimum Gasteiger partial charge on any atom is -0.388 e. The fourth-order valence-corrected chi connectivity index (χ4v) is 3.58. The maximum atomic E-state index is 12.4. The van der Waals surface area contributed by atoms with Gasteiger partial charge in [-0.05, 0) is 32.3 Å². The summed E-state index contributed by atoms with van der Waals surface area (Å²) in [6.07, 6.45) is 2.91. The van der Waals surface area contributed by atoms with E-state index in [-0.39, 0.29) is 11.7 Å². The third-order valence-corrected chi connectivity index (χ3v) is 5.00. The van der Waals surface area contributed by atoms with E-state index >= 15 is 0 Å². The summed E-state index contributed by atoms with van der Waals surface area (Å²) >= 11 is 0. The van der Waals surface area contributed by atoms with Crippen molar-refractivity contribution in [1.82, 2.24) is 0 Å². The molecule has 0 aliphatic heterocycles. The molecule has 3 nitrogen and oxygen atoms in total. The number of ketones is 1. The molecule has 17 heavy (non-hydrogen) atoms. The molecule has 1 fully saturated rings. The van der Waals surface area contributed by atoms with Gasteiger partial charge < -0.3 is 10.2 Å². The Morgan fingerprint density at radius 2 is 2.00 bits per heavy atom. The van der Waals surface area contributed by atoms with Crippen molar-refractivity contribution in [2.45, 2.75) is 45.3 Å². The SMILES string of the molecule is CC1=C2C(=C[C@H](C)[C@H]2O)C(=O)[C@](C)(O)C12CC2. The van der Waals surface area contributed by atoms with E-state index in [0.29, 0.717) is 5.57 Å². The molecular weight excluding hydrogens is 216 g/mol. The first-order chi connectivity index (χ1) is 7.83. The van der Waals surface area contributed by atoms with Gasteiger partial charge >= 0.3 is 0 Å². The van der Waals surface area contributed by atoms with Crippen LogP contribution in [-0.4, -0.2) is 27.7 Å². The van der Waals surface area contributed by atoms with Crippen LogP contribution in [0.15, 0.2) is 22.8 Å². The average molecular weight is 234 g/mol. The number of aliphatic hydroxyl groups is 2. The van der Waals surface area contributed by atoms with Crippen LogP contribution in [0.25, 0.3) is 0 Å². The van der Waals surface area contributed by atoms with Gasteiger partial charge in [-0.25, -0.2) is 0 Å². The van der Waals surface area contributed by atoms with E-state index in [2.05, 4.69) is 0 Å². The van der Waals surface area contributed by atoms with Crippen LogP contribution in [0.3, 0.4) is 0 Å². The highest BCUT2D eigenvalue weighted by molar-refractivity contribution is 6.09. The summed E-state index contributed by atoms with van der Waals surface area (Å²) < 4.78 is 0. The second-order valence-corrected chi connectivity index (χ2v) is 5.91. The van der Waals surface area contributed by atoms with Gasteiger partial charge in [0, 0.05) is 16.9 Å². The van der Waals surface area contributed by atoms with Gasteiger partial charge in [0.2, 0.25) is 0 Å². The summed E-state index contributed by atoms with van der Waals surface area (Å²) in [5.41, 5.74) is 0.652. The summed E-state index contributed by atoms with van der Waals surface area (Å²) in [5.74, 6) is -0.248. The predicted octanol–water partition coefficient (Wildman–Crippen LogP) is 1.35. The minimum atomic E-state index is -1.30. The van der Waals surface area contributed by atoms with Gasteiger partial charge in [-0.1, -0.05) is 18.6 Å². The summed E-state index contributed by atoms with van der Waals surface area (Å²) in [7, 11) is 0. The Kier molecular flexibility index (Phi) is 1.91. The Bertz CT molecular complexity index is 478. The molecule has 0 aromatic heterocycles. The number of hydrogen-bond donors (Lipinski definition) is 2. The lowest BCUT2D eigenvalue weighted by Gasteiger charge is -2.39. The monoisotopic (exact) mass is 234 g/mol. The van der Waals surface area contributed by atoms with Gasteiger partial charge in [0.25, 0.3) is 0 Å². The largest absolute Gasteiger partial charge is 0.388 e. The highest BCUT2D eigenvalue weighted by atomic mass is 16.3. The minimum absolute atomic E-state index is 0.0383. The lowest BCUT2D eigenvalue weighted by molar-refractivity contribution is -0.138. The van der Waals surface area contributed by atoms with Crippen molar-refractivity contribution in [2.75, 3.05) is 0 Å². The van der Waals surface area contributed by atoms with Gasteiger partial charge in [-0.2, -0.15) is 0 Å². The number of carbonyl (C=O) groups is 1. The van der Waals surface area contributed by atoms with Crippen LogP contribution in [0.2, 0.25) is 0 Å². The van der Waals surface area contributed by atoms with Crippen LogP contribution >= 0.6 is 0 Å². The second kappa shape index (κ2) is 2.90. The molecule has 0 bridgehead atoms. The first kappa shape index (κ1) is 11.2. The first-order valence-corrected chi connectivity index (χ1v) is 6.21. The van der Waals surface area contributed by atoms with Crippen molar-refractivity contribution in [2.24, 2.45) is 11.3 Å². The molecule has 3 aliphatic rings. The topological polar surface area (TPSA) is 57.5 Å². The molecule has 0 heterocycles. The molecule has 0 aromatic rings. The van der Waals surface area contributed by atoms with E-state index in [1.54, 1.807) is 13.0 Å². The Morgan fingerprint density at radius 3 is 2.53 bits per heavy atom. The normalized spacial score (nSPS) is 42.9. The fourth-order valence-electron chi connectivity index (χ4n) is 3.58. The molecule has 92 valence electrons. The average Bonchev–Trinajstić information content (AvgIpc) is 3.01. The van der Waals surface area contributed by atoms with Crippen LogP contribution in [0.1, 0.15) is 33.6 Å². The summed E-state index contributed by atoms with van der Waals surface area (Å²) in [5, 5.41) is 20.7. The first-order valence-electron chi connectivity index (χ1n) is 6.21. The fraction of sp³-hybridized carbons (Fsp3) is 0.643. The predicted molar refractivity (Wildman–Crippen MR) is 63.3 cm³/mol. The standard InChI is InChI=1S/C14H18O3/c1-7-6-9-10(11(7)15)8(2)14(4-5-14)13(3,17)12(9)16/h6-7,11,15,17H,4-5H2,1-3H3/t7-,11+,13-/m0/s1. The van der Waals surface area contributed by atoms with Gasteiger partial charge in [-0.3, -0.25) is 4.79 Å². The van der Waals surface area contributed by atoms with Crippen molar-refractivity contribution in [3.8, 4) is 0 Å². The van der Waals surface area contributed by atoms with Crippen LogP contribution in [0.4, 0.5) is 0 Å². The lowest BCUT2D eigenvalue weighted by atomic mass is 9.68. The zero-order chi connectivity index (χ0) is 12.6. The molecule has 3 atom stereocenters. The summed E-state index contributed by atoms with van der Waals surface area (Å²) in [6, 6.07) is 0. The molecular formula is C14H18O3. The smallest absolute Gasteiger partial charge is 0.195 e. The second-order valence-electron chi connectivity index (χ2n) is 5.91. The van der Waals surface area contributed by atoms with Gasteiger partial charge in [0.05, 0.1) is 6.10 Å². The van der Waals surface area contributed by atoms with Crippen LogP contribution in [0.5, 0.6) is 0 Å². The van der Waals surface area contributed by atoms with Crippen molar-refractivity contribution < 1.29 is 15.0 Å². The number of Topliss-reactive ketones (excluding diaryl/α,β-unsaturated/α-hetero) is 1. The van der Waals surface area contributed by atoms with Crippen molar-refractivity contribution in [3.05, 3.63) is 22.8 Å². The van der Waals surface area contributed by atoms with Gasteiger partial charge in [-0.15, -0.1) is 0 Å². The molecule has 3 heteroatoms. The molecule has 3 rings (SSSR count). The Labute approximate surface area is 101 Å². The molecule has 0 amide bonds. The van der Waals surface area contributed by atoms with Gasteiger partial charge in [0.15, 0.2) is 5.78 Å². The van der Waals surface area contributed by atoms with Crippen LogP contribution in [-0.2, 0) is 4.79 Å². The van der Waals surface area contributed by atoms with E-state index in [4.69, 9.17) is 0 Å². The van der Waals surface area contributed by atoms with E-state index in [1.807, 2.05) is 13.8 Å². The third-order valence-electron chi connectivity index (χ3n) is 5.00. The molecule has 0 radical (unpaired) electrons. The molecule has 2 N–H and O–H groups in total. The summed E-state index contributed by atoms with van der Waals surface area (Å²) in [6.45, 7) is 5.48. The number of carbonyl (C=O) groups excluding carboxylic acids is 1. The zero-order valence-corrected chi connectivity index (χ0v) is 10.4. The molecule has 1 spiro atoms. The number of fused-ring (bicyclic) bond motifs is 1. The highest BCUT2D eigenvalue weighted by Crippen LogP contribution is 2.64. The lowest BCUT2D eigenvalue weighted by Crippen LogP contribution is -2.49. The number of rotatable bonds is 0. The maximum Gasteiger partial charge on any atom is 0.195 e. The Hall–Kier alpha value is -0.930. The van der Waals surface area contributed by atoms with Crippen molar-refractivity contribution >= 4 is 5.78 Å². The molecule has 0 unspecified atom stereocenters. The molecule has 3 aliphatic carbocycles. The van der Waals surface area contributed by atoms with E-state index in [9.17, 15) is 15.0 Å². The quantitative estimate of drug-likeness (QED) is 0.665. The Balaban J connectivity index is 2.25. The summed E-state index contributed by atoms with van der Waals surface area (Å²) in [4.78, 5) is 12.4. The molecule has 0 saturated heterocycles. The Morgan fingerprint density at radius 1 is 1.41 bits per heavy atom. The van der Waals surface area contributed by atoms with E-state index in [0.717, 1.165) is 24.0 Å². The number of hydrogen-bond acceptors (Lipinski definition) is 3. The van der Waals surface area contributed by atoms with E-state index in [1.165, 1.54) is 0 Å². The van der Waals surface area contributed by atoms with E-state index < -0.39 is 17.1 Å². The number of aliphatic hydroxyl groups excluding tert-OH is 1. The zero-order valence-electron chi connectivity index (χ0n) is 10.4. The third kappa shape index (κ3) is 1.07. The maximum absolute atomic E-state index is 12.4. The highest BCUT2D eigenvalue weighted by Gasteiger charge is 2.65. The van der Waals surface area contributed by atoms with Crippen LogP contribution in [0, 0.1) is 11.3 Å². The molecule has 1 saturated carbocycles. The van der Waals surface area contributed by atoms with Crippen LogP contribution < -0.4 is 0 Å². The molecule has 0 aromatic carbocycles.